The van der Waals surface area contributed by atoms with Crippen LogP contribution in [-0.4, -0.2) is 40.6 Å². The molecule has 7 heteroatoms. The average molecular weight is 383 g/mol. The molecule has 1 saturated heterocycles. The molecule has 0 aliphatic carbocycles. The van der Waals surface area contributed by atoms with Crippen LogP contribution in [0.2, 0.25) is 0 Å². The Morgan fingerprint density at radius 3 is 2.93 bits per heavy atom. The van der Waals surface area contributed by atoms with Crippen molar-refractivity contribution in [2.75, 3.05) is 19.7 Å². The molecule has 2 aromatic heterocycles. The van der Waals surface area contributed by atoms with E-state index >= 15 is 0 Å². The van der Waals surface area contributed by atoms with Gasteiger partial charge < -0.3 is 14.2 Å². The molecule has 0 bridgehead atoms. The summed E-state index contributed by atoms with van der Waals surface area (Å²) in [6.07, 6.45) is 1.86. The third-order valence-corrected chi connectivity index (χ3v) is 5.52. The van der Waals surface area contributed by atoms with Crippen molar-refractivity contribution in [2.45, 2.75) is 25.7 Å². The van der Waals surface area contributed by atoms with Gasteiger partial charge in [-0.3, -0.25) is 4.79 Å². The monoisotopic (exact) mass is 383 g/mol. The first-order chi connectivity index (χ1) is 13.2. The smallest absolute Gasteiger partial charge is 0.253 e. The molecule has 6 nitrogen and oxygen atoms in total. The number of likely N-dealkylation sites (tertiary alicyclic amines) is 1. The zero-order chi connectivity index (χ0) is 18.6. The molecule has 0 unspecified atom stereocenters. The maximum atomic E-state index is 12.9. The highest BCUT2D eigenvalue weighted by Crippen LogP contribution is 2.29. The zero-order valence-electron chi connectivity index (χ0n) is 15.1. The van der Waals surface area contributed by atoms with Gasteiger partial charge in [0.15, 0.2) is 0 Å². The van der Waals surface area contributed by atoms with Crippen molar-refractivity contribution in [2.24, 2.45) is 0 Å². The maximum Gasteiger partial charge on any atom is 0.253 e. The number of rotatable bonds is 5. The topological polar surface area (TPSA) is 68.5 Å². The van der Waals surface area contributed by atoms with Gasteiger partial charge in [0.25, 0.3) is 5.91 Å². The molecule has 3 aromatic rings. The molecule has 0 spiro atoms. The number of nitrogens with zero attached hydrogens (tertiary/aromatic N) is 3. The van der Waals surface area contributed by atoms with E-state index in [2.05, 4.69) is 10.1 Å². The second-order valence-corrected chi connectivity index (χ2v) is 7.43. The summed E-state index contributed by atoms with van der Waals surface area (Å²) in [5.41, 5.74) is 0.670. The molecule has 0 radical (unpaired) electrons. The van der Waals surface area contributed by atoms with Gasteiger partial charge >= 0.3 is 0 Å². The van der Waals surface area contributed by atoms with Crippen LogP contribution in [0.3, 0.4) is 0 Å². The van der Waals surface area contributed by atoms with Crippen LogP contribution in [-0.2, 0) is 0 Å². The highest BCUT2D eigenvalue weighted by atomic mass is 32.1. The number of thiophene rings is 1. The molecule has 27 heavy (non-hydrogen) atoms. The summed E-state index contributed by atoms with van der Waals surface area (Å²) in [5.74, 6) is 2.11. The highest BCUT2D eigenvalue weighted by molar-refractivity contribution is 7.13. The van der Waals surface area contributed by atoms with Crippen molar-refractivity contribution in [1.82, 2.24) is 15.0 Å². The Balaban J connectivity index is 1.45. The fraction of sp³-hybridized carbons (Fsp3) is 0.350. The van der Waals surface area contributed by atoms with Crippen LogP contribution in [0.5, 0.6) is 5.75 Å². The minimum absolute atomic E-state index is 0.0285. The van der Waals surface area contributed by atoms with E-state index in [1.54, 1.807) is 11.3 Å². The Morgan fingerprint density at radius 1 is 1.33 bits per heavy atom. The van der Waals surface area contributed by atoms with E-state index in [9.17, 15) is 4.79 Å². The van der Waals surface area contributed by atoms with Gasteiger partial charge in [-0.15, -0.1) is 11.3 Å². The van der Waals surface area contributed by atoms with Crippen LogP contribution in [0, 0.1) is 0 Å². The second kappa shape index (κ2) is 7.92. The van der Waals surface area contributed by atoms with Crippen molar-refractivity contribution < 1.29 is 14.1 Å². The van der Waals surface area contributed by atoms with Crippen LogP contribution in [0.1, 0.15) is 41.9 Å². The lowest BCUT2D eigenvalue weighted by Gasteiger charge is -2.31. The zero-order valence-corrected chi connectivity index (χ0v) is 15.9. The van der Waals surface area contributed by atoms with Gasteiger partial charge in [0.1, 0.15) is 5.75 Å². The molecule has 3 heterocycles. The Hall–Kier alpha value is -2.67. The Morgan fingerprint density at radius 2 is 2.19 bits per heavy atom. The van der Waals surface area contributed by atoms with Gasteiger partial charge in [-0.05, 0) is 55.5 Å². The Kier molecular flexibility index (Phi) is 5.20. The summed E-state index contributed by atoms with van der Waals surface area (Å²) < 4.78 is 10.9. The predicted octanol–water partition coefficient (Wildman–Crippen LogP) is 4.22. The molecule has 0 saturated carbocycles. The minimum Gasteiger partial charge on any atom is -0.494 e. The normalized spacial score (nSPS) is 17.1. The summed E-state index contributed by atoms with van der Waals surface area (Å²) in [6.45, 7) is 3.89. The number of carbonyl (C=O) groups excluding carboxylic acids is 1. The molecule has 1 aromatic carbocycles. The molecule has 1 atom stereocenters. The van der Waals surface area contributed by atoms with Gasteiger partial charge in [0, 0.05) is 18.7 Å². The first-order valence-electron chi connectivity index (χ1n) is 9.14. The Labute approximate surface area is 161 Å². The van der Waals surface area contributed by atoms with E-state index in [4.69, 9.17) is 9.26 Å². The van der Waals surface area contributed by atoms with Gasteiger partial charge in [0.2, 0.25) is 11.7 Å². The maximum absolute atomic E-state index is 12.9. The predicted molar refractivity (Wildman–Crippen MR) is 103 cm³/mol. The standard InChI is InChI=1S/C20H21N3O3S/c1-2-25-16-9-7-14(8-10-16)20(24)23-11-3-5-15(13-23)19-21-18(22-26-19)17-6-4-12-27-17/h4,6-10,12,15H,2-3,5,11,13H2,1H3/t15-/m0/s1. The van der Waals surface area contributed by atoms with Crippen molar-refractivity contribution in [3.8, 4) is 16.5 Å². The van der Waals surface area contributed by atoms with E-state index in [0.29, 0.717) is 30.4 Å². The molecule has 1 aliphatic heterocycles. The van der Waals surface area contributed by atoms with Crippen LogP contribution in [0.25, 0.3) is 10.7 Å². The molecule has 1 fully saturated rings. The molecule has 140 valence electrons. The third kappa shape index (κ3) is 3.88. The first kappa shape index (κ1) is 17.7. The lowest BCUT2D eigenvalue weighted by Crippen LogP contribution is -2.39. The molecular formula is C20H21N3O3S. The first-order valence-corrected chi connectivity index (χ1v) is 10.0. The van der Waals surface area contributed by atoms with E-state index in [0.717, 1.165) is 30.0 Å². The average Bonchev–Trinajstić information content (AvgIpc) is 3.40. The Bertz CT molecular complexity index is 890. The fourth-order valence-corrected chi connectivity index (χ4v) is 3.96. The van der Waals surface area contributed by atoms with E-state index in [1.807, 2.05) is 53.6 Å². The molecular weight excluding hydrogens is 362 g/mol. The molecule has 1 aliphatic rings. The van der Waals surface area contributed by atoms with Crippen LogP contribution in [0.15, 0.2) is 46.3 Å². The van der Waals surface area contributed by atoms with E-state index in [1.165, 1.54) is 0 Å². The van der Waals surface area contributed by atoms with Crippen molar-refractivity contribution in [3.05, 3.63) is 53.2 Å². The quantitative estimate of drug-likeness (QED) is 0.660. The lowest BCUT2D eigenvalue weighted by atomic mass is 9.97. The second-order valence-electron chi connectivity index (χ2n) is 6.48. The number of piperidine rings is 1. The largest absolute Gasteiger partial charge is 0.494 e. The number of hydrogen-bond donors (Lipinski definition) is 0. The van der Waals surface area contributed by atoms with E-state index < -0.39 is 0 Å². The summed E-state index contributed by atoms with van der Waals surface area (Å²) >= 11 is 1.58. The SMILES string of the molecule is CCOc1ccc(C(=O)N2CCC[C@H](c3nc(-c4cccs4)no3)C2)cc1. The van der Waals surface area contributed by atoms with Gasteiger partial charge in [0.05, 0.1) is 17.4 Å². The summed E-state index contributed by atoms with van der Waals surface area (Å²) in [7, 11) is 0. The number of amides is 1. The summed E-state index contributed by atoms with van der Waals surface area (Å²) in [6, 6.07) is 11.2. The lowest BCUT2D eigenvalue weighted by molar-refractivity contribution is 0.0695. The van der Waals surface area contributed by atoms with Crippen molar-refractivity contribution in [1.29, 1.82) is 0 Å². The summed E-state index contributed by atoms with van der Waals surface area (Å²) in [4.78, 5) is 20.3. The van der Waals surface area contributed by atoms with Crippen molar-refractivity contribution in [3.63, 3.8) is 0 Å². The number of aromatic nitrogens is 2. The van der Waals surface area contributed by atoms with Crippen LogP contribution in [0.4, 0.5) is 0 Å². The fourth-order valence-electron chi connectivity index (χ4n) is 3.31. The minimum atomic E-state index is 0.0285. The van der Waals surface area contributed by atoms with Gasteiger partial charge in [-0.1, -0.05) is 11.2 Å². The highest BCUT2D eigenvalue weighted by Gasteiger charge is 2.29. The van der Waals surface area contributed by atoms with Crippen molar-refractivity contribution >= 4 is 17.2 Å². The number of carbonyl (C=O) groups is 1. The number of ether oxygens (including phenoxy) is 1. The van der Waals surface area contributed by atoms with Gasteiger partial charge in [-0.25, -0.2) is 0 Å². The molecule has 1 amide bonds. The molecule has 4 rings (SSSR count). The molecule has 0 N–H and O–H groups in total. The van der Waals surface area contributed by atoms with Crippen LogP contribution < -0.4 is 4.74 Å². The van der Waals surface area contributed by atoms with Crippen LogP contribution >= 0.6 is 11.3 Å². The summed E-state index contributed by atoms with van der Waals surface area (Å²) in [5, 5.41) is 6.09. The third-order valence-electron chi connectivity index (χ3n) is 4.65. The number of hydrogen-bond acceptors (Lipinski definition) is 6. The number of benzene rings is 1. The van der Waals surface area contributed by atoms with E-state index in [-0.39, 0.29) is 11.8 Å². The van der Waals surface area contributed by atoms with Gasteiger partial charge in [-0.2, -0.15) is 4.98 Å².